The van der Waals surface area contributed by atoms with Gasteiger partial charge >= 0.3 is 6.18 Å². The van der Waals surface area contributed by atoms with Crippen molar-refractivity contribution in [2.24, 2.45) is 7.05 Å². The highest BCUT2D eigenvalue weighted by Crippen LogP contribution is 2.38. The Hall–Kier alpha value is -3.47. The Balaban J connectivity index is 1.64. The summed E-state index contributed by atoms with van der Waals surface area (Å²) in [6.45, 7) is 4.46. The Labute approximate surface area is 201 Å². The maximum absolute atomic E-state index is 13.3. The number of nitrogens with zero attached hydrogens (tertiary/aromatic N) is 5. The number of nitrogen functional groups attached to an aromatic ring is 1. The van der Waals surface area contributed by atoms with Crippen LogP contribution in [0.1, 0.15) is 47.9 Å². The normalized spacial score (nSPS) is 16.9. The molecule has 0 aliphatic carbocycles. The molecule has 1 saturated heterocycles. The second kappa shape index (κ2) is 9.65. The van der Waals surface area contributed by atoms with Gasteiger partial charge in [-0.25, -0.2) is 9.97 Å². The van der Waals surface area contributed by atoms with E-state index in [-0.39, 0.29) is 24.4 Å². The Kier molecular flexibility index (Phi) is 6.79. The fourth-order valence-corrected chi connectivity index (χ4v) is 4.56. The number of hydrogen-bond acceptors (Lipinski definition) is 6. The number of nitrogens with two attached hydrogens (primary N) is 1. The Morgan fingerprint density at radius 1 is 1.26 bits per heavy atom. The number of alkyl halides is 3. The molecule has 3 aromatic rings. The zero-order valence-corrected chi connectivity index (χ0v) is 19.9. The maximum atomic E-state index is 13.3. The number of piperidine rings is 1. The van der Waals surface area contributed by atoms with Crippen molar-refractivity contribution in [1.82, 2.24) is 24.6 Å². The first kappa shape index (κ1) is 24.6. The van der Waals surface area contributed by atoms with Crippen LogP contribution in [0.25, 0.3) is 11.1 Å². The molecule has 1 aliphatic heterocycles. The van der Waals surface area contributed by atoms with E-state index in [1.165, 1.54) is 12.3 Å². The predicted molar refractivity (Wildman–Crippen MR) is 126 cm³/mol. The topological polar surface area (TPSA) is 102 Å². The van der Waals surface area contributed by atoms with E-state index in [2.05, 4.69) is 20.4 Å². The standard InChI is InChI=1S/C24H28F3N7O/c1-14-21(15(2)33(3)32-14)30-20(35)13-34-10-5-4-9-19(34)22-18(12-29-23(28)31-22)16-7-6-8-17(11-16)24(25,26)27/h6-8,11-12,19H,4-5,9-10,13H2,1-3H3,(H,30,35)(H2,28,29,31)/t19-/m0/s1. The minimum absolute atomic E-state index is 0.0345. The summed E-state index contributed by atoms with van der Waals surface area (Å²) in [6, 6.07) is 4.79. The van der Waals surface area contributed by atoms with Crippen molar-refractivity contribution >= 4 is 17.5 Å². The molecule has 0 unspecified atom stereocenters. The van der Waals surface area contributed by atoms with Gasteiger partial charge in [0.2, 0.25) is 11.9 Å². The molecule has 0 saturated carbocycles. The lowest BCUT2D eigenvalue weighted by atomic mass is 9.93. The molecule has 35 heavy (non-hydrogen) atoms. The van der Waals surface area contributed by atoms with Crippen LogP contribution in [0.15, 0.2) is 30.5 Å². The van der Waals surface area contributed by atoms with E-state index in [1.54, 1.807) is 10.7 Å². The number of nitrogens with one attached hydrogen (secondary N) is 1. The van der Waals surface area contributed by atoms with Gasteiger partial charge in [0.25, 0.3) is 0 Å². The van der Waals surface area contributed by atoms with Crippen LogP contribution in [0.4, 0.5) is 24.8 Å². The minimum atomic E-state index is -4.47. The van der Waals surface area contributed by atoms with E-state index in [4.69, 9.17) is 5.73 Å². The van der Waals surface area contributed by atoms with Gasteiger partial charge in [0.1, 0.15) is 0 Å². The Bertz CT molecular complexity index is 1240. The average molecular weight is 488 g/mol. The third kappa shape index (κ3) is 5.29. The van der Waals surface area contributed by atoms with Crippen molar-refractivity contribution in [1.29, 1.82) is 0 Å². The van der Waals surface area contributed by atoms with Crippen molar-refractivity contribution in [2.45, 2.75) is 45.3 Å². The van der Waals surface area contributed by atoms with E-state index in [1.807, 2.05) is 25.8 Å². The molecule has 1 atom stereocenters. The van der Waals surface area contributed by atoms with Crippen LogP contribution in [0.5, 0.6) is 0 Å². The molecule has 3 heterocycles. The number of carbonyl (C=O) groups is 1. The number of rotatable bonds is 5. The fraction of sp³-hybridized carbons (Fsp3) is 0.417. The Morgan fingerprint density at radius 2 is 2.03 bits per heavy atom. The number of halogens is 3. The molecule has 1 aliphatic rings. The monoisotopic (exact) mass is 487 g/mol. The van der Waals surface area contributed by atoms with Crippen molar-refractivity contribution in [3.05, 3.63) is 53.1 Å². The molecule has 0 spiro atoms. The quantitative estimate of drug-likeness (QED) is 0.558. The van der Waals surface area contributed by atoms with Gasteiger partial charge in [0.15, 0.2) is 0 Å². The first-order chi connectivity index (χ1) is 16.5. The molecule has 2 aromatic heterocycles. The third-order valence-corrected chi connectivity index (χ3v) is 6.39. The predicted octanol–water partition coefficient (Wildman–Crippen LogP) is 4.26. The number of amides is 1. The maximum Gasteiger partial charge on any atom is 0.416 e. The van der Waals surface area contributed by atoms with Crippen molar-refractivity contribution in [3.63, 3.8) is 0 Å². The molecule has 186 valence electrons. The average Bonchev–Trinajstić information content (AvgIpc) is 3.05. The SMILES string of the molecule is Cc1nn(C)c(C)c1NC(=O)CN1CCCC[C@H]1c1nc(N)ncc1-c1cccc(C(F)(F)F)c1. The number of benzene rings is 1. The van der Waals surface area contributed by atoms with Crippen LogP contribution in [0, 0.1) is 13.8 Å². The molecule has 4 rings (SSSR count). The van der Waals surface area contributed by atoms with Gasteiger partial charge in [0, 0.05) is 18.8 Å². The molecule has 1 aromatic carbocycles. The van der Waals surface area contributed by atoms with Gasteiger partial charge in [-0.1, -0.05) is 18.6 Å². The summed E-state index contributed by atoms with van der Waals surface area (Å²) in [5, 5.41) is 7.28. The van der Waals surface area contributed by atoms with Gasteiger partial charge < -0.3 is 11.1 Å². The third-order valence-electron chi connectivity index (χ3n) is 6.39. The zero-order valence-electron chi connectivity index (χ0n) is 19.9. The van der Waals surface area contributed by atoms with Gasteiger partial charge in [-0.05, 0) is 50.9 Å². The number of aryl methyl sites for hydroxylation is 2. The fourth-order valence-electron chi connectivity index (χ4n) is 4.56. The molecule has 0 radical (unpaired) electrons. The summed E-state index contributed by atoms with van der Waals surface area (Å²) in [5.41, 5.74) is 8.75. The summed E-state index contributed by atoms with van der Waals surface area (Å²) in [5.74, 6) is -0.161. The van der Waals surface area contributed by atoms with Crippen molar-refractivity contribution in [2.75, 3.05) is 24.1 Å². The summed E-state index contributed by atoms with van der Waals surface area (Å²) in [4.78, 5) is 23.5. The molecule has 3 N–H and O–H groups in total. The van der Waals surface area contributed by atoms with Crippen molar-refractivity contribution < 1.29 is 18.0 Å². The van der Waals surface area contributed by atoms with Crippen LogP contribution in [0.3, 0.4) is 0 Å². The highest BCUT2D eigenvalue weighted by atomic mass is 19.4. The number of hydrogen-bond donors (Lipinski definition) is 2. The highest BCUT2D eigenvalue weighted by Gasteiger charge is 2.32. The lowest BCUT2D eigenvalue weighted by molar-refractivity contribution is -0.137. The number of anilines is 2. The highest BCUT2D eigenvalue weighted by molar-refractivity contribution is 5.93. The summed E-state index contributed by atoms with van der Waals surface area (Å²) in [6.07, 6.45) is -0.519. The molecule has 0 bridgehead atoms. The number of aromatic nitrogens is 4. The second-order valence-electron chi connectivity index (χ2n) is 8.81. The van der Waals surface area contributed by atoms with Gasteiger partial charge in [0.05, 0.1) is 40.9 Å². The molecular weight excluding hydrogens is 459 g/mol. The van der Waals surface area contributed by atoms with E-state index < -0.39 is 11.7 Å². The molecule has 1 fully saturated rings. The smallest absolute Gasteiger partial charge is 0.368 e. The summed E-state index contributed by atoms with van der Waals surface area (Å²) < 4.78 is 41.7. The van der Waals surface area contributed by atoms with Crippen LogP contribution in [-0.2, 0) is 18.0 Å². The molecular formula is C24H28F3N7O. The van der Waals surface area contributed by atoms with Gasteiger partial charge in [-0.2, -0.15) is 18.3 Å². The Morgan fingerprint density at radius 3 is 2.71 bits per heavy atom. The summed E-state index contributed by atoms with van der Waals surface area (Å²) >= 11 is 0. The van der Waals surface area contributed by atoms with Crippen LogP contribution in [0.2, 0.25) is 0 Å². The molecule has 11 heteroatoms. The molecule has 8 nitrogen and oxygen atoms in total. The van der Waals surface area contributed by atoms with E-state index >= 15 is 0 Å². The zero-order chi connectivity index (χ0) is 25.3. The lowest BCUT2D eigenvalue weighted by Gasteiger charge is -2.35. The van der Waals surface area contributed by atoms with Crippen LogP contribution in [-0.4, -0.2) is 43.6 Å². The van der Waals surface area contributed by atoms with E-state index in [0.29, 0.717) is 35.5 Å². The minimum Gasteiger partial charge on any atom is -0.368 e. The van der Waals surface area contributed by atoms with E-state index in [0.717, 1.165) is 36.4 Å². The van der Waals surface area contributed by atoms with Crippen LogP contribution < -0.4 is 11.1 Å². The van der Waals surface area contributed by atoms with Gasteiger partial charge in [-0.15, -0.1) is 0 Å². The number of carbonyl (C=O) groups excluding carboxylic acids is 1. The van der Waals surface area contributed by atoms with E-state index in [9.17, 15) is 18.0 Å². The lowest BCUT2D eigenvalue weighted by Crippen LogP contribution is -2.40. The number of likely N-dealkylation sites (tertiary alicyclic amines) is 1. The van der Waals surface area contributed by atoms with Crippen molar-refractivity contribution in [3.8, 4) is 11.1 Å². The van der Waals surface area contributed by atoms with Crippen LogP contribution >= 0.6 is 0 Å². The van der Waals surface area contributed by atoms with Gasteiger partial charge in [-0.3, -0.25) is 14.4 Å². The summed E-state index contributed by atoms with van der Waals surface area (Å²) in [7, 11) is 1.81. The molecule has 1 amide bonds. The first-order valence-electron chi connectivity index (χ1n) is 11.4. The first-order valence-corrected chi connectivity index (χ1v) is 11.4. The largest absolute Gasteiger partial charge is 0.416 e. The second-order valence-corrected chi connectivity index (χ2v) is 8.81.